The number of carbonyl (C=O) groups excluding carboxylic acids is 2. The molecule has 0 aliphatic heterocycles. The number of urea groups is 1. The first-order valence-corrected chi connectivity index (χ1v) is 5.28. The van der Waals surface area contributed by atoms with Gasteiger partial charge in [-0.1, -0.05) is 13.8 Å². The molecular weight excluding hydrogens is 194 g/mol. The molecule has 0 unspecified atom stereocenters. The molecule has 0 radical (unpaired) electrons. The van der Waals surface area contributed by atoms with E-state index < -0.39 is 0 Å². The number of carbonyl (C=O) groups is 2. The fraction of sp³-hybridized carbons (Fsp3) is 0.800. The van der Waals surface area contributed by atoms with Gasteiger partial charge in [0.1, 0.15) is 0 Å². The first kappa shape index (κ1) is 13.7. The van der Waals surface area contributed by atoms with Crippen LogP contribution in [-0.4, -0.2) is 32.1 Å². The number of hydrogen-bond acceptors (Lipinski definition) is 2. The van der Waals surface area contributed by atoms with Crippen molar-refractivity contribution in [2.45, 2.75) is 26.7 Å². The summed E-state index contributed by atoms with van der Waals surface area (Å²) in [5.74, 6) is 0.585. The van der Waals surface area contributed by atoms with E-state index in [1.54, 1.807) is 7.05 Å². The highest BCUT2D eigenvalue weighted by Crippen LogP contribution is 2.02. The predicted octanol–water partition coefficient (Wildman–Crippen LogP) is 0.468. The van der Waals surface area contributed by atoms with Crippen molar-refractivity contribution in [3.8, 4) is 0 Å². The quantitative estimate of drug-likeness (QED) is 0.564. The van der Waals surface area contributed by atoms with Crippen LogP contribution in [0.3, 0.4) is 0 Å². The molecule has 88 valence electrons. The maximum atomic E-state index is 11.2. The van der Waals surface area contributed by atoms with E-state index in [4.69, 9.17) is 0 Å². The van der Waals surface area contributed by atoms with Crippen LogP contribution in [0.25, 0.3) is 0 Å². The number of amides is 3. The topological polar surface area (TPSA) is 70.2 Å². The molecule has 0 spiro atoms. The zero-order valence-electron chi connectivity index (χ0n) is 9.72. The van der Waals surface area contributed by atoms with E-state index in [2.05, 4.69) is 29.8 Å². The molecule has 0 saturated carbocycles. The van der Waals surface area contributed by atoms with Gasteiger partial charge in [-0.25, -0.2) is 4.79 Å². The summed E-state index contributed by atoms with van der Waals surface area (Å²) in [6.45, 7) is 5.10. The third-order valence-corrected chi connectivity index (χ3v) is 1.91. The van der Waals surface area contributed by atoms with Crippen LogP contribution < -0.4 is 16.0 Å². The molecule has 15 heavy (non-hydrogen) atoms. The lowest BCUT2D eigenvalue weighted by molar-refractivity contribution is -0.121. The molecule has 5 heteroatoms. The van der Waals surface area contributed by atoms with Crippen molar-refractivity contribution in [1.29, 1.82) is 0 Å². The molecule has 0 atom stereocenters. The van der Waals surface area contributed by atoms with Crippen LogP contribution in [0.15, 0.2) is 0 Å². The molecule has 0 aromatic carbocycles. The fourth-order valence-corrected chi connectivity index (χ4v) is 0.974. The molecular formula is C10H21N3O2. The molecule has 3 N–H and O–H groups in total. The van der Waals surface area contributed by atoms with Gasteiger partial charge in [-0.2, -0.15) is 0 Å². The average Bonchev–Trinajstić information content (AvgIpc) is 2.21. The largest absolute Gasteiger partial charge is 0.354 e. The molecule has 0 aromatic heterocycles. The van der Waals surface area contributed by atoms with E-state index in [-0.39, 0.29) is 11.9 Å². The van der Waals surface area contributed by atoms with Gasteiger partial charge in [0.15, 0.2) is 0 Å². The standard InChI is InChI=1S/C10H21N3O2/c1-8(2)4-5-9(14)12-6-7-13-10(15)11-3/h8H,4-7H2,1-3H3,(H,12,14)(H2,11,13,15). The van der Waals surface area contributed by atoms with Crippen LogP contribution in [0.2, 0.25) is 0 Å². The van der Waals surface area contributed by atoms with Gasteiger partial charge in [0.05, 0.1) is 0 Å². The second-order valence-electron chi connectivity index (χ2n) is 3.79. The first-order valence-electron chi connectivity index (χ1n) is 5.28. The minimum absolute atomic E-state index is 0.0439. The molecule has 5 nitrogen and oxygen atoms in total. The Hall–Kier alpha value is -1.26. The second-order valence-corrected chi connectivity index (χ2v) is 3.79. The first-order chi connectivity index (χ1) is 7.06. The smallest absolute Gasteiger partial charge is 0.314 e. The lowest BCUT2D eigenvalue weighted by Gasteiger charge is -2.07. The zero-order chi connectivity index (χ0) is 11.7. The van der Waals surface area contributed by atoms with Crippen LogP contribution in [-0.2, 0) is 4.79 Å². The van der Waals surface area contributed by atoms with Crippen molar-refractivity contribution in [1.82, 2.24) is 16.0 Å². The van der Waals surface area contributed by atoms with Crippen LogP contribution >= 0.6 is 0 Å². The van der Waals surface area contributed by atoms with Crippen LogP contribution in [0.1, 0.15) is 26.7 Å². The van der Waals surface area contributed by atoms with Crippen molar-refractivity contribution in [2.75, 3.05) is 20.1 Å². The molecule has 0 heterocycles. The summed E-state index contributed by atoms with van der Waals surface area (Å²) >= 11 is 0. The highest BCUT2D eigenvalue weighted by atomic mass is 16.2. The lowest BCUT2D eigenvalue weighted by Crippen LogP contribution is -2.38. The Balaban J connectivity index is 3.35. The molecule has 0 aromatic rings. The van der Waals surface area contributed by atoms with Crippen molar-refractivity contribution < 1.29 is 9.59 Å². The second kappa shape index (κ2) is 8.08. The summed E-state index contributed by atoms with van der Waals surface area (Å²) in [5, 5.41) is 7.75. The molecule has 0 rings (SSSR count). The Labute approximate surface area is 91.0 Å². The summed E-state index contributed by atoms with van der Waals surface area (Å²) in [4.78, 5) is 22.0. The normalized spacial score (nSPS) is 9.87. The molecule has 0 bridgehead atoms. The molecule has 0 aliphatic rings. The number of hydrogen-bond donors (Lipinski definition) is 3. The minimum atomic E-state index is -0.230. The molecule has 0 aliphatic carbocycles. The third-order valence-electron chi connectivity index (χ3n) is 1.91. The Morgan fingerprint density at radius 3 is 2.27 bits per heavy atom. The third kappa shape index (κ3) is 9.05. The molecule has 3 amide bonds. The van der Waals surface area contributed by atoms with Crippen molar-refractivity contribution in [3.05, 3.63) is 0 Å². The van der Waals surface area contributed by atoms with Crippen molar-refractivity contribution >= 4 is 11.9 Å². The SMILES string of the molecule is CNC(=O)NCCNC(=O)CCC(C)C. The summed E-state index contributed by atoms with van der Waals surface area (Å²) in [6.07, 6.45) is 1.45. The summed E-state index contributed by atoms with van der Waals surface area (Å²) in [7, 11) is 1.55. The van der Waals surface area contributed by atoms with E-state index in [1.807, 2.05) is 0 Å². The predicted molar refractivity (Wildman–Crippen MR) is 59.5 cm³/mol. The number of nitrogens with one attached hydrogen (secondary N) is 3. The van der Waals surface area contributed by atoms with Crippen molar-refractivity contribution in [3.63, 3.8) is 0 Å². The van der Waals surface area contributed by atoms with Gasteiger partial charge >= 0.3 is 6.03 Å². The zero-order valence-corrected chi connectivity index (χ0v) is 9.72. The molecule has 0 saturated heterocycles. The van der Waals surface area contributed by atoms with Gasteiger partial charge in [0, 0.05) is 26.6 Å². The Morgan fingerprint density at radius 1 is 1.13 bits per heavy atom. The van der Waals surface area contributed by atoms with Gasteiger partial charge in [-0.3, -0.25) is 4.79 Å². The van der Waals surface area contributed by atoms with E-state index in [1.165, 1.54) is 0 Å². The average molecular weight is 215 g/mol. The summed E-state index contributed by atoms with van der Waals surface area (Å²) in [6, 6.07) is -0.230. The highest BCUT2D eigenvalue weighted by molar-refractivity contribution is 5.76. The highest BCUT2D eigenvalue weighted by Gasteiger charge is 2.02. The van der Waals surface area contributed by atoms with Gasteiger partial charge in [0.2, 0.25) is 5.91 Å². The van der Waals surface area contributed by atoms with Gasteiger partial charge in [-0.15, -0.1) is 0 Å². The lowest BCUT2D eigenvalue weighted by atomic mass is 10.1. The van der Waals surface area contributed by atoms with E-state index >= 15 is 0 Å². The van der Waals surface area contributed by atoms with Crippen LogP contribution in [0.5, 0.6) is 0 Å². The van der Waals surface area contributed by atoms with E-state index in [0.717, 1.165) is 6.42 Å². The van der Waals surface area contributed by atoms with E-state index in [0.29, 0.717) is 25.4 Å². The van der Waals surface area contributed by atoms with Gasteiger partial charge < -0.3 is 16.0 Å². The Bertz CT molecular complexity index is 205. The van der Waals surface area contributed by atoms with Crippen molar-refractivity contribution in [2.24, 2.45) is 5.92 Å². The fourth-order valence-electron chi connectivity index (χ4n) is 0.974. The minimum Gasteiger partial charge on any atom is -0.354 e. The van der Waals surface area contributed by atoms with Crippen LogP contribution in [0, 0.1) is 5.92 Å². The summed E-state index contributed by atoms with van der Waals surface area (Å²) < 4.78 is 0. The maximum Gasteiger partial charge on any atom is 0.314 e. The van der Waals surface area contributed by atoms with E-state index in [9.17, 15) is 9.59 Å². The van der Waals surface area contributed by atoms with Gasteiger partial charge in [-0.05, 0) is 12.3 Å². The maximum absolute atomic E-state index is 11.2. The Morgan fingerprint density at radius 2 is 1.73 bits per heavy atom. The van der Waals surface area contributed by atoms with Crippen LogP contribution in [0.4, 0.5) is 4.79 Å². The van der Waals surface area contributed by atoms with Gasteiger partial charge in [0.25, 0.3) is 0 Å². The summed E-state index contributed by atoms with van der Waals surface area (Å²) in [5.41, 5.74) is 0. The Kier molecular flexibility index (Phi) is 7.40. The monoisotopic (exact) mass is 215 g/mol. The number of rotatable bonds is 6. The molecule has 0 fully saturated rings.